The molecule has 0 fully saturated rings. The van der Waals surface area contributed by atoms with E-state index in [0.717, 1.165) is 16.9 Å². The lowest BCUT2D eigenvalue weighted by atomic mass is 10.2. The van der Waals surface area contributed by atoms with Gasteiger partial charge in [-0.15, -0.1) is 0 Å². The molecular formula is C14H11ClN4O2S. The normalized spacial score (nSPS) is 11.0. The van der Waals surface area contributed by atoms with Gasteiger partial charge in [-0.25, -0.2) is 13.4 Å². The molecule has 0 spiro atoms. The number of hydrogen-bond acceptors (Lipinski definition) is 5. The van der Waals surface area contributed by atoms with Gasteiger partial charge >= 0.3 is 0 Å². The van der Waals surface area contributed by atoms with Gasteiger partial charge in [-0.1, -0.05) is 11.6 Å². The number of hydrogen-bond donors (Lipinski definition) is 1. The maximum Gasteiger partial charge on any atom is 0.145 e. The number of aromatic nitrogens is 4. The summed E-state index contributed by atoms with van der Waals surface area (Å²) < 4.78 is 23.3. The molecule has 0 bridgehead atoms. The summed E-state index contributed by atoms with van der Waals surface area (Å²) in [7, 11) is -2.49. The zero-order valence-corrected chi connectivity index (χ0v) is 12.9. The van der Waals surface area contributed by atoms with Crippen LogP contribution < -0.4 is 0 Å². The molecule has 0 aliphatic rings. The first-order valence-electron chi connectivity index (χ1n) is 6.34. The van der Waals surface area contributed by atoms with Crippen molar-refractivity contribution in [1.82, 2.24) is 19.5 Å². The zero-order chi connectivity index (χ0) is 15.5. The Bertz CT molecular complexity index is 867. The third kappa shape index (κ3) is 3.00. The fourth-order valence-corrected chi connectivity index (χ4v) is 2.70. The van der Waals surface area contributed by atoms with Gasteiger partial charge in [0.15, 0.2) is 0 Å². The second kappa shape index (κ2) is 6.25. The van der Waals surface area contributed by atoms with Crippen LogP contribution in [-0.2, 0) is 16.5 Å². The molecule has 3 aromatic heterocycles. The van der Waals surface area contributed by atoms with Gasteiger partial charge in [0.2, 0.25) is 0 Å². The van der Waals surface area contributed by atoms with Crippen molar-refractivity contribution < 1.29 is 8.42 Å². The topological polar surface area (TPSA) is 77.7 Å². The van der Waals surface area contributed by atoms with Crippen LogP contribution in [0.5, 0.6) is 0 Å². The average molecular weight is 335 g/mol. The highest BCUT2D eigenvalue weighted by Gasteiger charge is 2.11. The van der Waals surface area contributed by atoms with Crippen LogP contribution in [0.1, 0.15) is 5.69 Å². The molecule has 3 aromatic rings. The summed E-state index contributed by atoms with van der Waals surface area (Å²) >= 11 is 6.19. The molecule has 0 saturated carbocycles. The van der Waals surface area contributed by atoms with E-state index in [0.29, 0.717) is 10.7 Å². The number of nitrogens with zero attached hydrogens (tertiary/aromatic N) is 4. The van der Waals surface area contributed by atoms with E-state index in [1.54, 1.807) is 49.3 Å². The summed E-state index contributed by atoms with van der Waals surface area (Å²) in [5, 5.41) is 0.574. The van der Waals surface area contributed by atoms with Gasteiger partial charge in [0, 0.05) is 18.0 Å². The lowest BCUT2D eigenvalue weighted by Crippen LogP contribution is -1.99. The summed E-state index contributed by atoms with van der Waals surface area (Å²) in [5.74, 6) is -0.0686. The molecule has 3 rings (SSSR count). The van der Waals surface area contributed by atoms with Crippen molar-refractivity contribution in [1.29, 1.82) is 0 Å². The summed E-state index contributed by atoms with van der Waals surface area (Å²) in [6.45, 7) is 0. The Balaban J connectivity index is 2.00. The van der Waals surface area contributed by atoms with Crippen LogP contribution in [0.25, 0.3) is 16.9 Å². The highest BCUT2D eigenvalue weighted by Crippen LogP contribution is 2.28. The van der Waals surface area contributed by atoms with E-state index < -0.39 is 10.7 Å². The summed E-state index contributed by atoms with van der Waals surface area (Å²) in [4.78, 5) is 12.4. The molecule has 0 atom stereocenters. The minimum Gasteiger partial charge on any atom is -0.297 e. The van der Waals surface area contributed by atoms with E-state index in [2.05, 4.69) is 15.0 Å². The number of rotatable bonds is 4. The first kappa shape index (κ1) is 14.7. The minimum atomic E-state index is -2.49. The molecule has 0 radical (unpaired) electrons. The fraction of sp³-hybridized carbons (Fsp3) is 0.0714. The number of imidazole rings is 1. The predicted molar refractivity (Wildman–Crippen MR) is 83.6 cm³/mol. The molecule has 8 heteroatoms. The van der Waals surface area contributed by atoms with Crippen molar-refractivity contribution in [3.63, 3.8) is 0 Å². The van der Waals surface area contributed by atoms with E-state index in [1.807, 2.05) is 4.57 Å². The maximum atomic E-state index is 10.7. The standard InChI is InChI=1S/C14H11ClN4O2S/c15-13-3-4-16-6-12(13)14-7-17-9-19(14)11-2-1-10(18-5-11)8-22(20)21/h1-7,9,22H,8H2. The van der Waals surface area contributed by atoms with E-state index in [9.17, 15) is 8.42 Å². The molecule has 6 nitrogen and oxygen atoms in total. The third-order valence-electron chi connectivity index (χ3n) is 3.06. The smallest absolute Gasteiger partial charge is 0.145 e. The molecule has 0 aliphatic heterocycles. The number of halogens is 1. The Morgan fingerprint density at radius 2 is 1.95 bits per heavy atom. The second-order valence-electron chi connectivity index (χ2n) is 4.50. The highest BCUT2D eigenvalue weighted by molar-refractivity contribution is 7.71. The van der Waals surface area contributed by atoms with Crippen LogP contribution >= 0.6 is 11.6 Å². The van der Waals surface area contributed by atoms with Crippen LogP contribution in [0.4, 0.5) is 0 Å². The van der Waals surface area contributed by atoms with Gasteiger partial charge in [-0.05, 0) is 18.2 Å². The van der Waals surface area contributed by atoms with Crippen molar-refractivity contribution in [2.45, 2.75) is 5.75 Å². The Hall–Kier alpha value is -2.25. The molecule has 0 unspecified atom stereocenters. The van der Waals surface area contributed by atoms with Crippen molar-refractivity contribution in [3.8, 4) is 16.9 Å². The van der Waals surface area contributed by atoms with Gasteiger partial charge in [0.05, 0.1) is 46.6 Å². The van der Waals surface area contributed by atoms with Crippen LogP contribution in [-0.4, -0.2) is 27.9 Å². The second-order valence-corrected chi connectivity index (χ2v) is 5.89. The Morgan fingerprint density at radius 1 is 1.09 bits per heavy atom. The summed E-state index contributed by atoms with van der Waals surface area (Å²) in [5.41, 5.74) is 2.80. The van der Waals surface area contributed by atoms with E-state index in [1.165, 1.54) is 0 Å². The molecule has 0 aromatic carbocycles. The third-order valence-corrected chi connectivity index (χ3v) is 3.97. The largest absolute Gasteiger partial charge is 0.297 e. The van der Waals surface area contributed by atoms with Gasteiger partial charge in [-0.2, -0.15) is 0 Å². The number of thiol groups is 1. The zero-order valence-electron chi connectivity index (χ0n) is 11.3. The van der Waals surface area contributed by atoms with Gasteiger partial charge < -0.3 is 0 Å². The first-order chi connectivity index (χ1) is 10.6. The van der Waals surface area contributed by atoms with Gasteiger partial charge in [0.25, 0.3) is 0 Å². The highest BCUT2D eigenvalue weighted by atomic mass is 35.5. The molecule has 112 valence electrons. The predicted octanol–water partition coefficient (Wildman–Crippen LogP) is 2.09. The summed E-state index contributed by atoms with van der Waals surface area (Å²) in [6, 6.07) is 5.17. The van der Waals surface area contributed by atoms with E-state index >= 15 is 0 Å². The van der Waals surface area contributed by atoms with Crippen LogP contribution in [0.3, 0.4) is 0 Å². The Labute approximate surface area is 133 Å². The van der Waals surface area contributed by atoms with Crippen LogP contribution in [0.2, 0.25) is 5.02 Å². The lowest BCUT2D eigenvalue weighted by molar-refractivity contribution is 0.613. The molecule has 22 heavy (non-hydrogen) atoms. The van der Waals surface area contributed by atoms with Crippen molar-refractivity contribution in [3.05, 3.63) is 60.0 Å². The van der Waals surface area contributed by atoms with E-state index in [-0.39, 0.29) is 5.75 Å². The van der Waals surface area contributed by atoms with Gasteiger partial charge in [-0.3, -0.25) is 14.5 Å². The van der Waals surface area contributed by atoms with Crippen molar-refractivity contribution >= 4 is 22.3 Å². The molecule has 0 aliphatic carbocycles. The van der Waals surface area contributed by atoms with Crippen molar-refractivity contribution in [2.24, 2.45) is 0 Å². The van der Waals surface area contributed by atoms with Gasteiger partial charge in [0.1, 0.15) is 10.7 Å². The van der Waals surface area contributed by atoms with Crippen LogP contribution in [0, 0.1) is 0 Å². The lowest BCUT2D eigenvalue weighted by Gasteiger charge is -2.09. The van der Waals surface area contributed by atoms with E-state index in [4.69, 9.17) is 11.6 Å². The molecule has 3 heterocycles. The number of pyridine rings is 2. The quantitative estimate of drug-likeness (QED) is 0.739. The Kier molecular flexibility index (Phi) is 4.17. The molecular weight excluding hydrogens is 324 g/mol. The van der Waals surface area contributed by atoms with Crippen LogP contribution in [0.15, 0.2) is 49.3 Å². The summed E-state index contributed by atoms with van der Waals surface area (Å²) in [6.07, 6.45) is 8.21. The monoisotopic (exact) mass is 334 g/mol. The van der Waals surface area contributed by atoms with Crippen molar-refractivity contribution in [2.75, 3.05) is 0 Å². The Morgan fingerprint density at radius 3 is 2.64 bits per heavy atom. The fourth-order valence-electron chi connectivity index (χ4n) is 2.05. The maximum absolute atomic E-state index is 10.7. The minimum absolute atomic E-state index is 0.0686. The first-order valence-corrected chi connectivity index (χ1v) is 8.08. The molecule has 0 amide bonds. The molecule has 0 saturated heterocycles. The SMILES string of the molecule is O=[SH](=O)Cc1ccc(-n2cncc2-c2cnccc2Cl)cn1. The molecule has 0 N–H and O–H groups in total. The average Bonchev–Trinajstić information content (AvgIpc) is 2.97.